The molecule has 0 saturated carbocycles. The molecule has 2 aromatic heterocycles. The van der Waals surface area contributed by atoms with Crippen molar-refractivity contribution in [3.63, 3.8) is 0 Å². The first kappa shape index (κ1) is 23.8. The highest BCUT2D eigenvalue weighted by atomic mass is 19.4. The van der Waals surface area contributed by atoms with Crippen LogP contribution in [-0.4, -0.2) is 76.4 Å². The summed E-state index contributed by atoms with van der Waals surface area (Å²) in [6.45, 7) is 2.23. The van der Waals surface area contributed by atoms with E-state index in [0.717, 1.165) is 18.5 Å². The summed E-state index contributed by atoms with van der Waals surface area (Å²) in [5, 5.41) is 13.2. The zero-order valence-corrected chi connectivity index (χ0v) is 18.1. The number of anilines is 1. The third-order valence-electron chi connectivity index (χ3n) is 6.12. The summed E-state index contributed by atoms with van der Waals surface area (Å²) in [6, 6.07) is 1.50. The number of piperazine rings is 1. The second kappa shape index (κ2) is 9.49. The van der Waals surface area contributed by atoms with Crippen LogP contribution >= 0.6 is 0 Å². The van der Waals surface area contributed by atoms with Crippen LogP contribution in [0.3, 0.4) is 0 Å². The monoisotopic (exact) mass is 481 g/mol. The number of rotatable bonds is 5. The lowest BCUT2D eigenvalue weighted by Crippen LogP contribution is -2.51. The summed E-state index contributed by atoms with van der Waals surface area (Å²) >= 11 is 0. The van der Waals surface area contributed by atoms with Crippen LogP contribution in [0.1, 0.15) is 35.7 Å². The van der Waals surface area contributed by atoms with Crippen molar-refractivity contribution in [1.29, 1.82) is 5.41 Å². The average molecular weight is 481 g/mol. The van der Waals surface area contributed by atoms with Crippen LogP contribution in [0.5, 0.6) is 0 Å². The first-order chi connectivity index (χ1) is 16.2. The molecule has 4 rings (SSSR count). The number of likely N-dealkylation sites (tertiary alicyclic amines) is 1. The van der Waals surface area contributed by atoms with Gasteiger partial charge in [-0.2, -0.15) is 18.3 Å². The Morgan fingerprint density at radius 2 is 1.94 bits per heavy atom. The van der Waals surface area contributed by atoms with E-state index in [9.17, 15) is 27.2 Å². The van der Waals surface area contributed by atoms with Crippen LogP contribution in [-0.2, 0) is 11.0 Å². The van der Waals surface area contributed by atoms with Crippen molar-refractivity contribution in [2.75, 3.05) is 44.2 Å². The third kappa shape index (κ3) is 4.93. The van der Waals surface area contributed by atoms with Crippen molar-refractivity contribution in [2.45, 2.75) is 25.1 Å². The number of pyridine rings is 1. The Morgan fingerprint density at radius 3 is 2.62 bits per heavy atom. The van der Waals surface area contributed by atoms with E-state index in [0.29, 0.717) is 56.9 Å². The molecular formula is C21H23F4N7O2. The van der Waals surface area contributed by atoms with E-state index in [1.165, 1.54) is 6.07 Å². The second-order valence-corrected chi connectivity index (χ2v) is 8.24. The molecular weight excluding hydrogens is 458 g/mol. The Balaban J connectivity index is 1.40. The van der Waals surface area contributed by atoms with Gasteiger partial charge in [-0.1, -0.05) is 0 Å². The van der Waals surface area contributed by atoms with Crippen molar-refractivity contribution < 1.29 is 22.4 Å². The maximum Gasteiger partial charge on any atom is 0.421 e. The molecule has 0 aliphatic carbocycles. The molecule has 0 radical (unpaired) electrons. The van der Waals surface area contributed by atoms with Gasteiger partial charge in [-0.15, -0.1) is 0 Å². The van der Waals surface area contributed by atoms with Crippen LogP contribution in [0.15, 0.2) is 23.1 Å². The molecule has 0 spiro atoms. The van der Waals surface area contributed by atoms with Crippen LogP contribution in [0, 0.1) is 11.2 Å². The Morgan fingerprint density at radius 1 is 1.21 bits per heavy atom. The number of aromatic amines is 1. The highest BCUT2D eigenvalue weighted by Gasteiger charge is 2.37. The van der Waals surface area contributed by atoms with Gasteiger partial charge in [0.1, 0.15) is 17.2 Å². The Hall–Kier alpha value is -3.35. The summed E-state index contributed by atoms with van der Waals surface area (Å²) in [4.78, 5) is 33.9. The van der Waals surface area contributed by atoms with E-state index in [4.69, 9.17) is 5.41 Å². The zero-order chi connectivity index (χ0) is 24.5. The highest BCUT2D eigenvalue weighted by Crippen LogP contribution is 2.33. The van der Waals surface area contributed by atoms with Crippen molar-refractivity contribution in [2.24, 2.45) is 0 Å². The Kier molecular flexibility index (Phi) is 6.64. The summed E-state index contributed by atoms with van der Waals surface area (Å²) in [6.07, 6.45) is -1.45. The molecule has 2 aliphatic rings. The molecule has 2 aliphatic heterocycles. The third-order valence-corrected chi connectivity index (χ3v) is 6.12. The van der Waals surface area contributed by atoms with Gasteiger partial charge in [0.2, 0.25) is 5.91 Å². The van der Waals surface area contributed by atoms with E-state index in [-0.39, 0.29) is 18.1 Å². The van der Waals surface area contributed by atoms with Crippen LogP contribution in [0.25, 0.3) is 0 Å². The molecule has 182 valence electrons. The summed E-state index contributed by atoms with van der Waals surface area (Å²) in [5.41, 5.74) is -2.16. The van der Waals surface area contributed by atoms with Crippen molar-refractivity contribution in [3.05, 3.63) is 51.3 Å². The van der Waals surface area contributed by atoms with E-state index in [2.05, 4.69) is 10.1 Å². The maximum absolute atomic E-state index is 13.4. The van der Waals surface area contributed by atoms with Crippen molar-refractivity contribution in [3.8, 4) is 0 Å². The van der Waals surface area contributed by atoms with Gasteiger partial charge in [0.15, 0.2) is 0 Å². The smallest absolute Gasteiger partial charge is 0.353 e. The topological polar surface area (TPSA) is 109 Å². The minimum atomic E-state index is -4.79. The molecule has 9 nitrogen and oxygen atoms in total. The van der Waals surface area contributed by atoms with E-state index < -0.39 is 29.2 Å². The largest absolute Gasteiger partial charge is 0.421 e. The molecule has 0 aromatic carbocycles. The van der Waals surface area contributed by atoms with Gasteiger partial charge < -0.3 is 15.2 Å². The van der Waals surface area contributed by atoms with E-state index in [1.807, 2.05) is 10.00 Å². The number of hydrogen-bond acceptors (Lipinski definition) is 7. The van der Waals surface area contributed by atoms with Gasteiger partial charge in [-0.3, -0.25) is 14.5 Å². The van der Waals surface area contributed by atoms with E-state index >= 15 is 0 Å². The number of nitrogens with zero attached hydrogens (tertiary/aromatic N) is 5. The fourth-order valence-electron chi connectivity index (χ4n) is 4.41. The maximum atomic E-state index is 13.4. The number of alkyl halides is 3. The number of carbonyl (C=O) groups excluding carboxylic acids is 1. The van der Waals surface area contributed by atoms with Crippen LogP contribution < -0.4 is 10.5 Å². The highest BCUT2D eigenvalue weighted by molar-refractivity contribution is 5.84. The predicted molar refractivity (Wildman–Crippen MR) is 114 cm³/mol. The van der Waals surface area contributed by atoms with Gasteiger partial charge in [0, 0.05) is 38.0 Å². The average Bonchev–Trinajstić information content (AvgIpc) is 3.26. The first-order valence-corrected chi connectivity index (χ1v) is 10.8. The van der Waals surface area contributed by atoms with Crippen LogP contribution in [0.2, 0.25) is 0 Å². The number of aromatic nitrogens is 3. The normalized spacial score (nSPS) is 19.5. The minimum Gasteiger partial charge on any atom is -0.353 e. The zero-order valence-electron chi connectivity index (χ0n) is 18.1. The van der Waals surface area contributed by atoms with Gasteiger partial charge in [-0.05, 0) is 31.5 Å². The standard InChI is InChI=1S/C21H23F4N7O2/c22-14-8-13(10-26)19(27-11-14)31-6-4-30(5-7-31)18(33)12-32-3-1-2-17(32)16-9-15(21(23,24)25)20(34)29-28-16/h8-11,17,26H,1-7,12H2,(H,29,34). The molecule has 2 fully saturated rings. The fourth-order valence-corrected chi connectivity index (χ4v) is 4.41. The molecule has 2 saturated heterocycles. The van der Waals surface area contributed by atoms with E-state index in [1.54, 1.807) is 9.80 Å². The molecule has 1 amide bonds. The summed E-state index contributed by atoms with van der Waals surface area (Å²) in [5.74, 6) is -0.213. The predicted octanol–water partition coefficient (Wildman–Crippen LogP) is 1.81. The number of halogens is 4. The molecule has 1 atom stereocenters. The summed E-state index contributed by atoms with van der Waals surface area (Å²) in [7, 11) is 0. The number of H-pyrrole nitrogens is 1. The number of amides is 1. The molecule has 34 heavy (non-hydrogen) atoms. The number of nitrogens with one attached hydrogen (secondary N) is 2. The molecule has 0 bridgehead atoms. The molecule has 13 heteroatoms. The van der Waals surface area contributed by atoms with Crippen LogP contribution in [0.4, 0.5) is 23.4 Å². The minimum absolute atomic E-state index is 0.0212. The number of hydrogen-bond donors (Lipinski definition) is 2. The first-order valence-electron chi connectivity index (χ1n) is 10.8. The molecule has 1 unspecified atom stereocenters. The quantitative estimate of drug-likeness (QED) is 0.498. The lowest BCUT2D eigenvalue weighted by Gasteiger charge is -2.37. The SMILES string of the molecule is N=Cc1cc(F)cnc1N1CCN(C(=O)CN2CCCC2c2cc(C(F)(F)F)c(=O)[nH]n2)CC1. The second-order valence-electron chi connectivity index (χ2n) is 8.24. The molecule has 2 N–H and O–H groups in total. The number of carbonyl (C=O) groups is 1. The van der Waals surface area contributed by atoms with Crippen molar-refractivity contribution in [1.82, 2.24) is 25.0 Å². The van der Waals surface area contributed by atoms with Gasteiger partial charge in [-0.25, -0.2) is 14.5 Å². The lowest BCUT2D eigenvalue weighted by atomic mass is 10.1. The lowest BCUT2D eigenvalue weighted by molar-refractivity contribution is -0.139. The van der Waals surface area contributed by atoms with Gasteiger partial charge in [0.25, 0.3) is 5.56 Å². The van der Waals surface area contributed by atoms with Crippen molar-refractivity contribution >= 4 is 17.9 Å². The molecule has 2 aromatic rings. The summed E-state index contributed by atoms with van der Waals surface area (Å²) < 4.78 is 52.8. The van der Waals surface area contributed by atoms with Gasteiger partial charge >= 0.3 is 6.18 Å². The fraction of sp³-hybridized carbons (Fsp3) is 0.476. The molecule has 4 heterocycles. The Labute approximate surface area is 191 Å². The van der Waals surface area contributed by atoms with Gasteiger partial charge in [0.05, 0.1) is 24.5 Å². The Bertz CT molecular complexity index is 1130.